The van der Waals surface area contributed by atoms with Gasteiger partial charge in [-0.25, -0.2) is 15.0 Å². The quantitative estimate of drug-likeness (QED) is 0.578. The van der Waals surface area contributed by atoms with Crippen molar-refractivity contribution in [3.63, 3.8) is 0 Å². The van der Waals surface area contributed by atoms with E-state index in [-0.39, 0.29) is 5.56 Å². The summed E-state index contributed by atoms with van der Waals surface area (Å²) >= 11 is 0. The van der Waals surface area contributed by atoms with Gasteiger partial charge in [0.1, 0.15) is 22.9 Å². The Morgan fingerprint density at radius 1 is 1.00 bits per heavy atom. The van der Waals surface area contributed by atoms with Crippen LogP contribution in [-0.4, -0.2) is 26.5 Å². The number of nitrogens with one attached hydrogen (secondary N) is 1. The Kier molecular flexibility index (Phi) is 4.85. The molecule has 4 rings (SSSR count). The summed E-state index contributed by atoms with van der Waals surface area (Å²) in [5, 5.41) is 0.953. The van der Waals surface area contributed by atoms with Crippen LogP contribution in [0.5, 0.6) is 5.75 Å². The van der Waals surface area contributed by atoms with E-state index >= 15 is 0 Å². The maximum absolute atomic E-state index is 12.1. The van der Waals surface area contributed by atoms with E-state index in [1.54, 1.807) is 0 Å². The predicted octanol–water partition coefficient (Wildman–Crippen LogP) is 3.68. The highest BCUT2D eigenvalue weighted by Crippen LogP contribution is 2.26. The van der Waals surface area contributed by atoms with Crippen molar-refractivity contribution >= 4 is 10.9 Å². The molecule has 140 valence electrons. The van der Waals surface area contributed by atoms with Crippen molar-refractivity contribution in [2.24, 2.45) is 0 Å². The minimum atomic E-state index is -0.198. The monoisotopic (exact) mass is 372 g/mol. The first-order valence-electron chi connectivity index (χ1n) is 9.18. The van der Waals surface area contributed by atoms with Crippen molar-refractivity contribution in [3.8, 4) is 17.0 Å². The third kappa shape index (κ3) is 3.62. The Bertz CT molecular complexity index is 1190. The van der Waals surface area contributed by atoms with Crippen LogP contribution in [0.2, 0.25) is 0 Å². The van der Waals surface area contributed by atoms with Crippen LogP contribution in [0.3, 0.4) is 0 Å². The number of aromatic amines is 1. The van der Waals surface area contributed by atoms with E-state index in [1.165, 1.54) is 6.07 Å². The van der Waals surface area contributed by atoms with Crippen LogP contribution in [0.15, 0.2) is 59.4 Å². The molecule has 4 aromatic rings. The van der Waals surface area contributed by atoms with Crippen LogP contribution in [0.4, 0.5) is 0 Å². The molecule has 0 aliphatic heterocycles. The lowest BCUT2D eigenvalue weighted by Crippen LogP contribution is -2.13. The summed E-state index contributed by atoms with van der Waals surface area (Å²) in [6.45, 7) is 4.45. The van der Waals surface area contributed by atoms with Gasteiger partial charge in [-0.2, -0.15) is 0 Å². The van der Waals surface area contributed by atoms with Crippen molar-refractivity contribution in [1.29, 1.82) is 0 Å². The van der Waals surface area contributed by atoms with Gasteiger partial charge in [0.25, 0.3) is 5.56 Å². The number of aryl methyl sites for hydroxylation is 1. The topological polar surface area (TPSA) is 80.8 Å². The molecule has 0 bridgehead atoms. The van der Waals surface area contributed by atoms with Gasteiger partial charge in [-0.15, -0.1) is 0 Å². The van der Waals surface area contributed by atoms with Crippen LogP contribution >= 0.6 is 0 Å². The van der Waals surface area contributed by atoms with Crippen LogP contribution in [0.25, 0.3) is 22.2 Å². The summed E-state index contributed by atoms with van der Waals surface area (Å²) in [6.07, 6.45) is 0.327. The van der Waals surface area contributed by atoms with E-state index in [4.69, 9.17) is 4.74 Å². The third-order valence-electron chi connectivity index (χ3n) is 4.41. The number of ether oxygens (including phenoxy) is 1. The molecule has 6 heteroatoms. The van der Waals surface area contributed by atoms with E-state index in [9.17, 15) is 4.79 Å². The zero-order valence-electron chi connectivity index (χ0n) is 15.8. The second-order valence-electron chi connectivity index (χ2n) is 6.43. The van der Waals surface area contributed by atoms with Crippen LogP contribution in [-0.2, 0) is 6.42 Å². The number of nitrogens with zero attached hydrogens (tertiary/aromatic N) is 3. The minimum absolute atomic E-state index is 0.198. The molecular formula is C22H20N4O2. The largest absolute Gasteiger partial charge is 0.492 e. The molecule has 0 fully saturated rings. The fraction of sp³-hybridized carbons (Fsp3) is 0.182. The molecule has 2 heterocycles. The summed E-state index contributed by atoms with van der Waals surface area (Å²) < 4.78 is 5.71. The predicted molar refractivity (Wildman–Crippen MR) is 109 cm³/mol. The van der Waals surface area contributed by atoms with Crippen molar-refractivity contribution in [1.82, 2.24) is 19.9 Å². The second-order valence-corrected chi connectivity index (χ2v) is 6.43. The fourth-order valence-corrected chi connectivity index (χ4v) is 3.19. The minimum Gasteiger partial charge on any atom is -0.492 e. The van der Waals surface area contributed by atoms with Gasteiger partial charge in [0.15, 0.2) is 0 Å². The number of hydrogen-bond donors (Lipinski definition) is 1. The van der Waals surface area contributed by atoms with Gasteiger partial charge in [0.05, 0.1) is 18.7 Å². The van der Waals surface area contributed by atoms with Gasteiger partial charge in [-0.3, -0.25) is 4.79 Å². The molecule has 2 aromatic carbocycles. The molecule has 0 spiro atoms. The number of fused-ring (bicyclic) bond motifs is 1. The zero-order valence-corrected chi connectivity index (χ0v) is 15.8. The maximum Gasteiger partial charge on any atom is 0.251 e. The number of aromatic nitrogens is 4. The molecule has 6 nitrogen and oxygen atoms in total. The Balaban J connectivity index is 1.75. The van der Waals surface area contributed by atoms with E-state index in [0.717, 1.165) is 27.9 Å². The Labute approximate surface area is 162 Å². The molecule has 2 aromatic heterocycles. The number of para-hydroxylation sites is 1. The highest BCUT2D eigenvalue weighted by atomic mass is 16.5. The first-order chi connectivity index (χ1) is 13.6. The number of benzene rings is 2. The average molecular weight is 372 g/mol. The number of rotatable bonds is 5. The molecule has 0 aliphatic carbocycles. The van der Waals surface area contributed by atoms with Gasteiger partial charge < -0.3 is 9.72 Å². The highest BCUT2D eigenvalue weighted by Gasteiger charge is 2.12. The van der Waals surface area contributed by atoms with Crippen molar-refractivity contribution in [2.75, 3.05) is 6.61 Å². The molecule has 0 aliphatic rings. The van der Waals surface area contributed by atoms with E-state index < -0.39 is 0 Å². The Morgan fingerprint density at radius 3 is 2.61 bits per heavy atom. The maximum atomic E-state index is 12.1. The SMILES string of the molecule is CCOc1cccc2c(C)nc(Cc3nc(-c4ccccc4)cc(=O)[nH]3)nc12. The molecule has 0 radical (unpaired) electrons. The summed E-state index contributed by atoms with van der Waals surface area (Å²) in [4.78, 5) is 28.8. The third-order valence-corrected chi connectivity index (χ3v) is 4.41. The number of H-pyrrole nitrogens is 1. The summed E-state index contributed by atoms with van der Waals surface area (Å²) in [7, 11) is 0. The first kappa shape index (κ1) is 17.9. The molecular weight excluding hydrogens is 352 g/mol. The standard InChI is InChI=1S/C22H20N4O2/c1-3-28-18-11-7-10-16-14(2)23-19(26-22(16)18)13-20-24-17(12-21(27)25-20)15-8-5-4-6-9-15/h4-12H,3,13H2,1-2H3,(H,24,25,27). The molecule has 0 saturated heterocycles. The van der Waals surface area contributed by atoms with Gasteiger partial charge in [0, 0.05) is 22.7 Å². The molecule has 0 atom stereocenters. The molecule has 28 heavy (non-hydrogen) atoms. The first-order valence-corrected chi connectivity index (χ1v) is 9.18. The average Bonchev–Trinajstić information content (AvgIpc) is 2.69. The van der Waals surface area contributed by atoms with E-state index in [0.29, 0.717) is 30.4 Å². The Morgan fingerprint density at radius 2 is 1.82 bits per heavy atom. The zero-order chi connectivity index (χ0) is 19.5. The molecule has 0 unspecified atom stereocenters. The van der Waals surface area contributed by atoms with Crippen LogP contribution in [0.1, 0.15) is 24.3 Å². The lowest BCUT2D eigenvalue weighted by atomic mass is 10.1. The molecule has 1 N–H and O–H groups in total. The summed E-state index contributed by atoms with van der Waals surface area (Å²) in [5.41, 5.74) is 2.96. The summed E-state index contributed by atoms with van der Waals surface area (Å²) in [5.74, 6) is 1.84. The lowest BCUT2D eigenvalue weighted by molar-refractivity contribution is 0.343. The van der Waals surface area contributed by atoms with Gasteiger partial charge in [-0.05, 0) is 19.9 Å². The lowest BCUT2D eigenvalue weighted by Gasteiger charge is -2.10. The van der Waals surface area contributed by atoms with Gasteiger partial charge in [0.2, 0.25) is 0 Å². The highest BCUT2D eigenvalue weighted by molar-refractivity contribution is 5.86. The smallest absolute Gasteiger partial charge is 0.251 e. The van der Waals surface area contributed by atoms with E-state index in [2.05, 4.69) is 19.9 Å². The van der Waals surface area contributed by atoms with Crippen molar-refractivity contribution in [2.45, 2.75) is 20.3 Å². The van der Waals surface area contributed by atoms with Crippen LogP contribution < -0.4 is 10.3 Å². The van der Waals surface area contributed by atoms with Gasteiger partial charge in [-0.1, -0.05) is 42.5 Å². The molecule has 0 saturated carbocycles. The normalized spacial score (nSPS) is 10.9. The van der Waals surface area contributed by atoms with Crippen LogP contribution in [0, 0.1) is 6.92 Å². The van der Waals surface area contributed by atoms with Gasteiger partial charge >= 0.3 is 0 Å². The van der Waals surface area contributed by atoms with E-state index in [1.807, 2.05) is 62.4 Å². The molecule has 0 amide bonds. The van der Waals surface area contributed by atoms with Crippen molar-refractivity contribution < 1.29 is 4.74 Å². The Hall–Kier alpha value is -3.54. The second kappa shape index (κ2) is 7.60. The van der Waals surface area contributed by atoms with Crippen molar-refractivity contribution in [3.05, 3.63) is 82.3 Å². The fourth-order valence-electron chi connectivity index (χ4n) is 3.19. The summed E-state index contributed by atoms with van der Waals surface area (Å²) in [6, 6.07) is 16.9. The number of hydrogen-bond acceptors (Lipinski definition) is 5.